The molecular weight excluding hydrogens is 278 g/mol. The van der Waals surface area contributed by atoms with E-state index in [9.17, 15) is 0 Å². The van der Waals surface area contributed by atoms with Crippen LogP contribution in [0.4, 0.5) is 0 Å². The van der Waals surface area contributed by atoms with Crippen LogP contribution >= 0.6 is 0 Å². The van der Waals surface area contributed by atoms with Gasteiger partial charge in [0.1, 0.15) is 12.0 Å². The Morgan fingerprint density at radius 2 is 2.18 bits per heavy atom. The molecule has 124 valence electrons. The van der Waals surface area contributed by atoms with Gasteiger partial charge in [-0.15, -0.1) is 0 Å². The molecule has 3 rings (SSSR count). The van der Waals surface area contributed by atoms with E-state index < -0.39 is 0 Å². The molecule has 0 aromatic carbocycles. The molecule has 3 aliphatic rings. The number of nitrogens with one attached hydrogen (secondary N) is 1. The van der Waals surface area contributed by atoms with Gasteiger partial charge in [-0.05, 0) is 38.8 Å². The monoisotopic (exact) mass is 307 g/mol. The smallest absolute Gasteiger partial charge is 0.148 e. The lowest BCUT2D eigenvalue weighted by Crippen LogP contribution is -2.43. The molecule has 2 atom stereocenters. The molecule has 3 heterocycles. The molecule has 2 unspecified atom stereocenters. The molecule has 0 radical (unpaired) electrons. The minimum atomic E-state index is -0.0313. The lowest BCUT2D eigenvalue weighted by molar-refractivity contribution is -0.00792. The van der Waals surface area contributed by atoms with Crippen LogP contribution in [0.3, 0.4) is 0 Å². The molecule has 0 saturated carbocycles. The van der Waals surface area contributed by atoms with Gasteiger partial charge in [-0.2, -0.15) is 0 Å². The van der Waals surface area contributed by atoms with Gasteiger partial charge in [-0.3, -0.25) is 4.90 Å². The summed E-state index contributed by atoms with van der Waals surface area (Å²) in [6.07, 6.45) is 8.76. The van der Waals surface area contributed by atoms with Gasteiger partial charge in [-0.25, -0.2) is 0 Å². The van der Waals surface area contributed by atoms with E-state index >= 15 is 0 Å². The summed E-state index contributed by atoms with van der Waals surface area (Å²) >= 11 is 0. The zero-order valence-electron chi connectivity index (χ0n) is 13.8. The van der Waals surface area contributed by atoms with Crippen molar-refractivity contribution in [3.05, 3.63) is 24.0 Å². The largest absolute Gasteiger partial charge is 0.379 e. The van der Waals surface area contributed by atoms with Gasteiger partial charge >= 0.3 is 0 Å². The van der Waals surface area contributed by atoms with Crippen molar-refractivity contribution in [1.29, 1.82) is 0 Å². The third-order valence-electron chi connectivity index (χ3n) is 4.66. The van der Waals surface area contributed by atoms with Crippen molar-refractivity contribution in [2.45, 2.75) is 45.1 Å². The van der Waals surface area contributed by atoms with Crippen LogP contribution in [-0.4, -0.2) is 67.6 Å². The van der Waals surface area contributed by atoms with E-state index in [1.165, 1.54) is 18.8 Å². The van der Waals surface area contributed by atoms with Crippen LogP contribution in [0.1, 0.15) is 26.7 Å². The van der Waals surface area contributed by atoms with Gasteiger partial charge in [-0.1, -0.05) is 6.08 Å². The fraction of sp³-hybridized carbons (Fsp3) is 0.765. The molecule has 2 saturated heterocycles. The van der Waals surface area contributed by atoms with Crippen LogP contribution in [-0.2, 0) is 9.47 Å². The van der Waals surface area contributed by atoms with E-state index in [1.54, 1.807) is 0 Å². The molecule has 3 aliphatic heterocycles. The first-order chi connectivity index (χ1) is 10.7. The molecule has 5 heteroatoms. The Balaban J connectivity index is 1.53. The van der Waals surface area contributed by atoms with Crippen molar-refractivity contribution in [1.82, 2.24) is 15.1 Å². The molecule has 0 aliphatic carbocycles. The second kappa shape index (κ2) is 7.49. The van der Waals surface area contributed by atoms with Crippen LogP contribution in [0.2, 0.25) is 0 Å². The second-order valence-corrected chi connectivity index (χ2v) is 6.59. The summed E-state index contributed by atoms with van der Waals surface area (Å²) in [6.45, 7) is 10.6. The number of dihydropyridines is 1. The molecule has 2 fully saturated rings. The lowest BCUT2D eigenvalue weighted by atomic mass is 10.3. The Morgan fingerprint density at radius 3 is 2.95 bits per heavy atom. The maximum Gasteiger partial charge on any atom is 0.148 e. The highest BCUT2D eigenvalue weighted by Gasteiger charge is 2.24. The highest BCUT2D eigenvalue weighted by molar-refractivity contribution is 5.18. The van der Waals surface area contributed by atoms with Crippen LogP contribution in [0.15, 0.2) is 24.0 Å². The van der Waals surface area contributed by atoms with Crippen LogP contribution < -0.4 is 5.32 Å². The maximum atomic E-state index is 6.06. The third-order valence-corrected chi connectivity index (χ3v) is 4.66. The Bertz CT molecular complexity index is 416. The van der Waals surface area contributed by atoms with E-state index in [0.717, 1.165) is 39.3 Å². The van der Waals surface area contributed by atoms with Crippen molar-refractivity contribution in [2.75, 3.05) is 39.4 Å². The van der Waals surface area contributed by atoms with Crippen molar-refractivity contribution < 1.29 is 9.47 Å². The average Bonchev–Trinajstić information content (AvgIpc) is 2.88. The molecular formula is C17H29N3O2. The Kier molecular flexibility index (Phi) is 5.39. The van der Waals surface area contributed by atoms with Crippen molar-refractivity contribution in [2.24, 2.45) is 0 Å². The molecule has 5 nitrogen and oxygen atoms in total. The number of rotatable bonds is 4. The van der Waals surface area contributed by atoms with E-state index in [0.29, 0.717) is 6.04 Å². The maximum absolute atomic E-state index is 6.06. The van der Waals surface area contributed by atoms with Gasteiger partial charge in [0.25, 0.3) is 0 Å². The first-order valence-corrected chi connectivity index (χ1v) is 8.59. The molecule has 22 heavy (non-hydrogen) atoms. The minimum absolute atomic E-state index is 0.0313. The first kappa shape index (κ1) is 15.8. The second-order valence-electron chi connectivity index (χ2n) is 6.59. The summed E-state index contributed by atoms with van der Waals surface area (Å²) < 4.78 is 11.4. The highest BCUT2D eigenvalue weighted by Crippen LogP contribution is 2.16. The number of allylic oxidation sites excluding steroid dienone is 2. The van der Waals surface area contributed by atoms with Crippen molar-refractivity contribution in [3.63, 3.8) is 0 Å². The van der Waals surface area contributed by atoms with E-state index in [-0.39, 0.29) is 12.3 Å². The standard InChI is InChI=1S/C17H29N3O2/c1-14(2)19-8-4-9-20(11-10-19)16-5-3-6-17(18-16)22-15-7-12-21-13-15/h3,5-6,14-15,17-18H,4,7-13H2,1-2H3. The Hall–Kier alpha value is -1.04. The summed E-state index contributed by atoms with van der Waals surface area (Å²) in [5, 5.41) is 3.53. The minimum Gasteiger partial charge on any atom is -0.379 e. The molecule has 0 aromatic rings. The highest BCUT2D eigenvalue weighted by atomic mass is 16.6. The normalized spacial score (nSPS) is 30.3. The van der Waals surface area contributed by atoms with E-state index in [2.05, 4.69) is 47.2 Å². The molecule has 0 aromatic heterocycles. The van der Waals surface area contributed by atoms with Gasteiger partial charge in [0.2, 0.25) is 0 Å². The topological polar surface area (TPSA) is 37.0 Å². The summed E-state index contributed by atoms with van der Waals surface area (Å²) in [5.74, 6) is 1.19. The van der Waals surface area contributed by atoms with Crippen LogP contribution in [0.25, 0.3) is 0 Å². The first-order valence-electron chi connectivity index (χ1n) is 8.59. The van der Waals surface area contributed by atoms with Gasteiger partial charge < -0.3 is 19.7 Å². The summed E-state index contributed by atoms with van der Waals surface area (Å²) in [7, 11) is 0. The van der Waals surface area contributed by atoms with Crippen molar-refractivity contribution >= 4 is 0 Å². The zero-order chi connectivity index (χ0) is 15.4. The lowest BCUT2D eigenvalue weighted by Gasteiger charge is -2.32. The van der Waals surface area contributed by atoms with Crippen molar-refractivity contribution in [3.8, 4) is 0 Å². The Morgan fingerprint density at radius 1 is 1.27 bits per heavy atom. The van der Waals surface area contributed by atoms with Crippen LogP contribution in [0.5, 0.6) is 0 Å². The number of nitrogens with zero attached hydrogens (tertiary/aromatic N) is 2. The average molecular weight is 307 g/mol. The van der Waals surface area contributed by atoms with Crippen LogP contribution in [0, 0.1) is 0 Å². The third kappa shape index (κ3) is 4.03. The van der Waals surface area contributed by atoms with E-state index in [1.807, 2.05) is 0 Å². The number of hydrogen-bond acceptors (Lipinski definition) is 5. The molecule has 1 N–H and O–H groups in total. The fourth-order valence-corrected chi connectivity index (χ4v) is 3.29. The van der Waals surface area contributed by atoms with Gasteiger partial charge in [0, 0.05) is 38.8 Å². The Labute approximate surface area is 133 Å². The van der Waals surface area contributed by atoms with E-state index in [4.69, 9.17) is 9.47 Å². The molecule has 0 bridgehead atoms. The number of ether oxygens (including phenoxy) is 2. The summed E-state index contributed by atoms with van der Waals surface area (Å²) in [5.41, 5.74) is 0. The predicted molar refractivity (Wildman–Crippen MR) is 87.4 cm³/mol. The SMILES string of the molecule is CC(C)N1CCCN(C2=CC=CC(OC3CCOC3)N2)CC1. The number of hydrogen-bond donors (Lipinski definition) is 1. The zero-order valence-corrected chi connectivity index (χ0v) is 13.8. The predicted octanol–water partition coefficient (Wildman–Crippen LogP) is 1.53. The molecule has 0 amide bonds. The van der Waals surface area contributed by atoms with Gasteiger partial charge in [0.05, 0.1) is 12.7 Å². The fourth-order valence-electron chi connectivity index (χ4n) is 3.29. The van der Waals surface area contributed by atoms with Gasteiger partial charge in [0.15, 0.2) is 0 Å². The molecule has 0 spiro atoms. The summed E-state index contributed by atoms with van der Waals surface area (Å²) in [6, 6.07) is 0.631. The summed E-state index contributed by atoms with van der Waals surface area (Å²) in [4.78, 5) is 5.01. The quantitative estimate of drug-likeness (QED) is 0.852.